The van der Waals surface area contributed by atoms with Gasteiger partial charge in [-0.05, 0) is 36.8 Å². The van der Waals surface area contributed by atoms with Crippen LogP contribution < -0.4 is 10.6 Å². The largest absolute Gasteiger partial charge is 0.385 e. The minimum absolute atomic E-state index is 0.211. The highest BCUT2D eigenvalue weighted by Gasteiger charge is 2.35. The van der Waals surface area contributed by atoms with E-state index in [0.717, 1.165) is 0 Å². The van der Waals surface area contributed by atoms with Crippen molar-refractivity contribution in [1.82, 2.24) is 20.5 Å². The second-order valence-electron chi connectivity index (χ2n) is 6.62. The number of carbonyl (C=O) groups is 4. The van der Waals surface area contributed by atoms with Crippen molar-refractivity contribution < 1.29 is 23.9 Å². The zero-order valence-electron chi connectivity index (χ0n) is 16.5. The van der Waals surface area contributed by atoms with Crippen molar-refractivity contribution in [2.24, 2.45) is 0 Å². The summed E-state index contributed by atoms with van der Waals surface area (Å²) in [5.74, 6) is -1.43. The molecule has 1 aliphatic rings. The van der Waals surface area contributed by atoms with Gasteiger partial charge < -0.3 is 15.4 Å². The van der Waals surface area contributed by atoms with Gasteiger partial charge in [-0.3, -0.25) is 29.1 Å². The molecule has 156 valence electrons. The maximum atomic E-state index is 12.5. The summed E-state index contributed by atoms with van der Waals surface area (Å²) in [5.41, 5.74) is 1.26. The third kappa shape index (κ3) is 4.69. The average molecular weight is 410 g/mol. The molecule has 4 amide bonds. The fourth-order valence-electron chi connectivity index (χ4n) is 3.06. The zero-order chi connectivity index (χ0) is 21.5. The highest BCUT2D eigenvalue weighted by atomic mass is 16.5. The lowest BCUT2D eigenvalue weighted by molar-refractivity contribution is 0.0638. The number of hydrogen-bond acceptors (Lipinski definition) is 6. The molecule has 1 aromatic heterocycles. The van der Waals surface area contributed by atoms with E-state index >= 15 is 0 Å². The van der Waals surface area contributed by atoms with Gasteiger partial charge in [-0.1, -0.05) is 0 Å². The number of imide groups is 1. The number of nitrogens with zero attached hydrogens (tertiary/aromatic N) is 2. The highest BCUT2D eigenvalue weighted by molar-refractivity contribution is 6.22. The average Bonchev–Trinajstić information content (AvgIpc) is 3.01. The van der Waals surface area contributed by atoms with Gasteiger partial charge >= 0.3 is 0 Å². The van der Waals surface area contributed by atoms with Crippen molar-refractivity contribution in [3.63, 3.8) is 0 Å². The molecule has 30 heavy (non-hydrogen) atoms. The van der Waals surface area contributed by atoms with Crippen molar-refractivity contribution in [3.8, 4) is 0 Å². The summed E-state index contributed by atoms with van der Waals surface area (Å²) in [7, 11) is 1.55. The van der Waals surface area contributed by atoms with E-state index in [1.165, 1.54) is 35.5 Å². The van der Waals surface area contributed by atoms with Crippen LogP contribution in [0.25, 0.3) is 0 Å². The summed E-state index contributed by atoms with van der Waals surface area (Å²) < 4.78 is 4.96. The molecule has 9 nitrogen and oxygen atoms in total. The van der Waals surface area contributed by atoms with Crippen LogP contribution in [0.2, 0.25) is 0 Å². The minimum Gasteiger partial charge on any atom is -0.385 e. The van der Waals surface area contributed by atoms with Crippen LogP contribution in [0, 0.1) is 0 Å². The molecular formula is C21H22N4O5. The number of aromatic nitrogens is 1. The Morgan fingerprint density at radius 3 is 2.23 bits per heavy atom. The van der Waals surface area contributed by atoms with Gasteiger partial charge in [-0.15, -0.1) is 0 Å². The van der Waals surface area contributed by atoms with Crippen molar-refractivity contribution >= 4 is 23.6 Å². The van der Waals surface area contributed by atoms with Gasteiger partial charge in [-0.25, -0.2) is 0 Å². The Morgan fingerprint density at radius 2 is 1.57 bits per heavy atom. The van der Waals surface area contributed by atoms with E-state index in [-0.39, 0.29) is 42.6 Å². The fourth-order valence-corrected chi connectivity index (χ4v) is 3.06. The first-order valence-electron chi connectivity index (χ1n) is 9.48. The summed E-state index contributed by atoms with van der Waals surface area (Å²) in [6.45, 7) is 1.16. The Kier molecular flexibility index (Phi) is 6.87. The Hall–Kier alpha value is -3.59. The van der Waals surface area contributed by atoms with E-state index in [1.807, 2.05) is 0 Å². The first kappa shape index (κ1) is 21.1. The van der Waals surface area contributed by atoms with Crippen LogP contribution in [-0.4, -0.2) is 66.9 Å². The summed E-state index contributed by atoms with van der Waals surface area (Å²) in [5, 5.41) is 5.38. The second kappa shape index (κ2) is 9.75. The molecule has 0 spiro atoms. The molecule has 0 radical (unpaired) electrons. The fraction of sp³-hybridized carbons (Fsp3) is 0.286. The van der Waals surface area contributed by atoms with Gasteiger partial charge in [0.15, 0.2) is 0 Å². The highest BCUT2D eigenvalue weighted by Crippen LogP contribution is 2.24. The number of rotatable bonds is 9. The molecule has 0 unspecified atom stereocenters. The van der Waals surface area contributed by atoms with Crippen molar-refractivity contribution in [2.45, 2.75) is 6.42 Å². The number of pyridine rings is 1. The molecule has 0 atom stereocenters. The Bertz CT molecular complexity index is 961. The number of ether oxygens (including phenoxy) is 1. The number of benzene rings is 1. The molecule has 1 aliphatic heterocycles. The van der Waals surface area contributed by atoms with Crippen molar-refractivity contribution in [2.75, 3.05) is 33.4 Å². The van der Waals surface area contributed by atoms with Gasteiger partial charge in [0.1, 0.15) is 0 Å². The van der Waals surface area contributed by atoms with Crippen LogP contribution >= 0.6 is 0 Å². The van der Waals surface area contributed by atoms with E-state index in [0.29, 0.717) is 24.2 Å². The first-order chi connectivity index (χ1) is 14.5. The van der Waals surface area contributed by atoms with Gasteiger partial charge in [-0.2, -0.15) is 0 Å². The number of hydrogen-bond donors (Lipinski definition) is 2. The third-order valence-electron chi connectivity index (χ3n) is 4.60. The van der Waals surface area contributed by atoms with Crippen LogP contribution in [-0.2, 0) is 4.74 Å². The van der Waals surface area contributed by atoms with Crippen LogP contribution in [0.1, 0.15) is 47.9 Å². The monoisotopic (exact) mass is 410 g/mol. The molecular weight excluding hydrogens is 388 g/mol. The standard InChI is InChI=1S/C21H22N4O5/c1-30-12-2-11-25-20(28)16-4-3-15(13-17(16)21(25)29)19(27)24-10-9-23-18(26)14-5-7-22-8-6-14/h3-8,13H,2,9-12H2,1H3,(H,23,26)(H,24,27). The molecule has 9 heteroatoms. The molecule has 0 bridgehead atoms. The molecule has 2 N–H and O–H groups in total. The van der Waals surface area contributed by atoms with Crippen LogP contribution in [0.4, 0.5) is 0 Å². The first-order valence-corrected chi connectivity index (χ1v) is 9.48. The second-order valence-corrected chi connectivity index (χ2v) is 6.62. The summed E-state index contributed by atoms with van der Waals surface area (Å²) in [4.78, 5) is 54.3. The Labute approximate surface area is 173 Å². The molecule has 0 saturated heterocycles. The lowest BCUT2D eigenvalue weighted by Gasteiger charge is -2.12. The summed E-state index contributed by atoms with van der Waals surface area (Å²) in [6.07, 6.45) is 3.59. The molecule has 0 fully saturated rings. The van der Waals surface area contributed by atoms with Gasteiger partial charge in [0, 0.05) is 56.9 Å². The normalized spacial score (nSPS) is 12.6. The van der Waals surface area contributed by atoms with Gasteiger partial charge in [0.05, 0.1) is 11.1 Å². The number of amides is 4. The van der Waals surface area contributed by atoms with Gasteiger partial charge in [0.2, 0.25) is 0 Å². The maximum Gasteiger partial charge on any atom is 0.261 e. The predicted molar refractivity (Wildman–Crippen MR) is 107 cm³/mol. The summed E-state index contributed by atoms with van der Waals surface area (Å²) in [6, 6.07) is 7.61. The number of nitrogens with one attached hydrogen (secondary N) is 2. The Balaban J connectivity index is 1.54. The van der Waals surface area contributed by atoms with E-state index in [9.17, 15) is 19.2 Å². The number of fused-ring (bicyclic) bond motifs is 1. The van der Waals surface area contributed by atoms with E-state index in [1.54, 1.807) is 19.2 Å². The van der Waals surface area contributed by atoms with Crippen molar-refractivity contribution in [1.29, 1.82) is 0 Å². The SMILES string of the molecule is COCCCN1C(=O)c2ccc(C(=O)NCCNC(=O)c3ccncc3)cc2C1=O. The number of carbonyl (C=O) groups excluding carboxylic acids is 4. The predicted octanol–water partition coefficient (Wildman–Crippen LogP) is 0.874. The third-order valence-corrected chi connectivity index (χ3v) is 4.60. The molecule has 2 aromatic rings. The van der Waals surface area contributed by atoms with Crippen LogP contribution in [0.3, 0.4) is 0 Å². The number of methoxy groups -OCH3 is 1. The molecule has 0 aliphatic carbocycles. The molecule has 2 heterocycles. The van der Waals surface area contributed by atoms with Crippen LogP contribution in [0.5, 0.6) is 0 Å². The molecule has 0 saturated carbocycles. The topological polar surface area (TPSA) is 118 Å². The zero-order valence-corrected chi connectivity index (χ0v) is 16.5. The lowest BCUT2D eigenvalue weighted by Crippen LogP contribution is -2.34. The quantitative estimate of drug-likeness (QED) is 0.468. The van der Waals surface area contributed by atoms with E-state index < -0.39 is 11.8 Å². The van der Waals surface area contributed by atoms with E-state index in [2.05, 4.69) is 15.6 Å². The molecule has 3 rings (SSSR count). The smallest absolute Gasteiger partial charge is 0.261 e. The Morgan fingerprint density at radius 1 is 0.933 bits per heavy atom. The van der Waals surface area contributed by atoms with E-state index in [4.69, 9.17) is 4.74 Å². The summed E-state index contributed by atoms with van der Waals surface area (Å²) >= 11 is 0. The molecule has 1 aromatic carbocycles. The maximum absolute atomic E-state index is 12.5. The van der Waals surface area contributed by atoms with Crippen molar-refractivity contribution in [3.05, 3.63) is 65.0 Å². The van der Waals surface area contributed by atoms with Crippen LogP contribution in [0.15, 0.2) is 42.7 Å². The minimum atomic E-state index is -0.412. The van der Waals surface area contributed by atoms with Gasteiger partial charge in [0.25, 0.3) is 23.6 Å². The lowest BCUT2D eigenvalue weighted by atomic mass is 10.1.